The molecule has 2 fully saturated rings. The fourth-order valence-corrected chi connectivity index (χ4v) is 3.57. The molecular formula is C19H29ClN4O2. The van der Waals surface area contributed by atoms with E-state index < -0.39 is 0 Å². The Balaban J connectivity index is 0.00000243. The quantitative estimate of drug-likeness (QED) is 0.816. The van der Waals surface area contributed by atoms with E-state index in [1.165, 1.54) is 0 Å². The minimum Gasteiger partial charge on any atom is -0.343 e. The van der Waals surface area contributed by atoms with Gasteiger partial charge in [0.2, 0.25) is 5.91 Å². The Kier molecular flexibility index (Phi) is 7.43. The van der Waals surface area contributed by atoms with Crippen LogP contribution in [0, 0.1) is 13.8 Å². The lowest BCUT2D eigenvalue weighted by molar-refractivity contribution is -0.129. The Morgan fingerprint density at radius 3 is 2.58 bits per heavy atom. The van der Waals surface area contributed by atoms with Gasteiger partial charge in [0.1, 0.15) is 0 Å². The Labute approximate surface area is 161 Å². The van der Waals surface area contributed by atoms with Crippen molar-refractivity contribution in [3.8, 4) is 0 Å². The van der Waals surface area contributed by atoms with Gasteiger partial charge in [-0.05, 0) is 43.5 Å². The summed E-state index contributed by atoms with van der Waals surface area (Å²) >= 11 is 0. The van der Waals surface area contributed by atoms with E-state index in [9.17, 15) is 9.59 Å². The summed E-state index contributed by atoms with van der Waals surface area (Å²) in [6, 6.07) is 6.07. The predicted molar refractivity (Wildman–Crippen MR) is 105 cm³/mol. The topological polar surface area (TPSA) is 64.7 Å². The third kappa shape index (κ3) is 4.96. The standard InChI is InChI=1S/C19H28N4O2.ClH/c1-14-3-4-16(11-15(14)2)19(25)21-12-18(24)23-8-5-17(13-23)22-9-6-20-7-10-22;/h3-4,11,17,20H,5-10,12-13H2,1-2H3,(H,21,25);1H. The highest BCUT2D eigenvalue weighted by Crippen LogP contribution is 2.16. The highest BCUT2D eigenvalue weighted by molar-refractivity contribution is 5.96. The van der Waals surface area contributed by atoms with Crippen LogP contribution in [0.5, 0.6) is 0 Å². The average Bonchev–Trinajstić information content (AvgIpc) is 3.12. The number of halogens is 1. The van der Waals surface area contributed by atoms with Crippen molar-refractivity contribution in [2.24, 2.45) is 0 Å². The first-order valence-electron chi connectivity index (χ1n) is 9.12. The normalized spacial score (nSPS) is 20.5. The smallest absolute Gasteiger partial charge is 0.251 e. The lowest BCUT2D eigenvalue weighted by Crippen LogP contribution is -2.49. The van der Waals surface area contributed by atoms with Crippen molar-refractivity contribution in [1.82, 2.24) is 20.4 Å². The number of hydrogen-bond donors (Lipinski definition) is 2. The minimum atomic E-state index is -0.186. The Bertz CT molecular complexity index is 646. The van der Waals surface area contributed by atoms with Crippen molar-refractivity contribution in [2.75, 3.05) is 45.8 Å². The number of nitrogens with one attached hydrogen (secondary N) is 2. The van der Waals surface area contributed by atoms with Crippen LogP contribution in [0.3, 0.4) is 0 Å². The van der Waals surface area contributed by atoms with Gasteiger partial charge in [-0.15, -0.1) is 12.4 Å². The zero-order chi connectivity index (χ0) is 17.8. The molecule has 2 N–H and O–H groups in total. The van der Waals surface area contributed by atoms with Gasteiger partial charge in [-0.2, -0.15) is 0 Å². The molecule has 6 nitrogen and oxygen atoms in total. The number of benzene rings is 1. The fourth-order valence-electron chi connectivity index (χ4n) is 3.57. The summed E-state index contributed by atoms with van der Waals surface area (Å²) in [6.07, 6.45) is 1.02. The molecule has 0 saturated carbocycles. The highest BCUT2D eigenvalue weighted by atomic mass is 35.5. The second kappa shape index (κ2) is 9.35. The van der Waals surface area contributed by atoms with Crippen LogP contribution in [0.25, 0.3) is 0 Å². The maximum absolute atomic E-state index is 12.4. The zero-order valence-electron chi connectivity index (χ0n) is 15.6. The van der Waals surface area contributed by atoms with Crippen LogP contribution in [0.15, 0.2) is 18.2 Å². The number of piperazine rings is 1. The van der Waals surface area contributed by atoms with Crippen molar-refractivity contribution in [3.63, 3.8) is 0 Å². The molecule has 1 atom stereocenters. The van der Waals surface area contributed by atoms with Crippen LogP contribution in [0.1, 0.15) is 27.9 Å². The van der Waals surface area contributed by atoms with Crippen molar-refractivity contribution in [2.45, 2.75) is 26.3 Å². The lowest BCUT2D eigenvalue weighted by Gasteiger charge is -2.32. The first-order valence-corrected chi connectivity index (χ1v) is 9.12. The van der Waals surface area contributed by atoms with Crippen molar-refractivity contribution in [1.29, 1.82) is 0 Å². The van der Waals surface area contributed by atoms with Gasteiger partial charge < -0.3 is 15.5 Å². The lowest BCUT2D eigenvalue weighted by atomic mass is 10.1. The molecule has 144 valence electrons. The summed E-state index contributed by atoms with van der Waals surface area (Å²) in [7, 11) is 0. The van der Waals surface area contributed by atoms with Gasteiger partial charge in [-0.3, -0.25) is 14.5 Å². The number of likely N-dealkylation sites (tertiary alicyclic amines) is 1. The SMILES string of the molecule is Cc1ccc(C(=O)NCC(=O)N2CCC(N3CCNCC3)C2)cc1C.Cl. The van der Waals surface area contributed by atoms with Crippen LogP contribution < -0.4 is 10.6 Å². The molecule has 1 unspecified atom stereocenters. The summed E-state index contributed by atoms with van der Waals surface area (Å²) in [5, 5.41) is 6.12. The summed E-state index contributed by atoms with van der Waals surface area (Å²) < 4.78 is 0. The number of nitrogens with zero attached hydrogens (tertiary/aromatic N) is 2. The summed E-state index contributed by atoms with van der Waals surface area (Å²) in [4.78, 5) is 29.0. The summed E-state index contributed by atoms with van der Waals surface area (Å²) in [6.45, 7) is 9.78. The Hall–Kier alpha value is -1.63. The maximum atomic E-state index is 12.4. The molecule has 2 aliphatic rings. The van der Waals surface area contributed by atoms with Crippen LogP contribution in [0.2, 0.25) is 0 Å². The predicted octanol–water partition coefficient (Wildman–Crippen LogP) is 0.961. The molecular weight excluding hydrogens is 352 g/mol. The second-order valence-corrected chi connectivity index (χ2v) is 7.05. The molecule has 2 aliphatic heterocycles. The van der Waals surface area contributed by atoms with E-state index in [0.717, 1.165) is 56.8 Å². The summed E-state index contributed by atoms with van der Waals surface area (Å²) in [5.74, 6) is -0.177. The molecule has 3 rings (SSSR count). The average molecular weight is 381 g/mol. The molecule has 1 aromatic rings. The van der Waals surface area contributed by atoms with E-state index in [4.69, 9.17) is 0 Å². The Morgan fingerprint density at radius 1 is 1.15 bits per heavy atom. The van der Waals surface area contributed by atoms with Crippen molar-refractivity contribution >= 4 is 24.2 Å². The van der Waals surface area contributed by atoms with E-state index in [0.29, 0.717) is 11.6 Å². The fraction of sp³-hybridized carbons (Fsp3) is 0.579. The molecule has 0 bridgehead atoms. The van der Waals surface area contributed by atoms with Gasteiger partial charge in [0.05, 0.1) is 6.54 Å². The molecule has 0 spiro atoms. The first-order chi connectivity index (χ1) is 12.0. The van der Waals surface area contributed by atoms with Gasteiger partial charge in [-0.1, -0.05) is 6.07 Å². The van der Waals surface area contributed by atoms with E-state index in [2.05, 4.69) is 15.5 Å². The maximum Gasteiger partial charge on any atom is 0.251 e. The van der Waals surface area contributed by atoms with Gasteiger partial charge in [0.25, 0.3) is 5.91 Å². The number of carbonyl (C=O) groups is 2. The Morgan fingerprint density at radius 2 is 1.88 bits per heavy atom. The van der Waals surface area contributed by atoms with Gasteiger partial charge in [0, 0.05) is 50.9 Å². The molecule has 0 aliphatic carbocycles. The number of carbonyl (C=O) groups excluding carboxylic acids is 2. The largest absolute Gasteiger partial charge is 0.343 e. The molecule has 1 aromatic carbocycles. The number of rotatable bonds is 4. The van der Waals surface area contributed by atoms with E-state index >= 15 is 0 Å². The molecule has 0 aromatic heterocycles. The molecule has 0 radical (unpaired) electrons. The molecule has 2 heterocycles. The minimum absolute atomic E-state index is 0. The van der Waals surface area contributed by atoms with Crippen LogP contribution in [-0.4, -0.2) is 73.5 Å². The zero-order valence-corrected chi connectivity index (χ0v) is 16.4. The molecule has 7 heteroatoms. The van der Waals surface area contributed by atoms with Crippen LogP contribution in [-0.2, 0) is 4.79 Å². The monoisotopic (exact) mass is 380 g/mol. The number of amides is 2. The number of hydrogen-bond acceptors (Lipinski definition) is 4. The molecule has 2 amide bonds. The van der Waals surface area contributed by atoms with Gasteiger partial charge >= 0.3 is 0 Å². The van der Waals surface area contributed by atoms with E-state index in [1.54, 1.807) is 6.07 Å². The molecule has 26 heavy (non-hydrogen) atoms. The molecule has 2 saturated heterocycles. The highest BCUT2D eigenvalue weighted by Gasteiger charge is 2.30. The van der Waals surface area contributed by atoms with Crippen molar-refractivity contribution < 1.29 is 9.59 Å². The summed E-state index contributed by atoms with van der Waals surface area (Å²) in [5.41, 5.74) is 2.84. The van der Waals surface area contributed by atoms with Crippen molar-refractivity contribution in [3.05, 3.63) is 34.9 Å². The third-order valence-electron chi connectivity index (χ3n) is 5.35. The van der Waals surface area contributed by atoms with Crippen LogP contribution in [0.4, 0.5) is 0 Å². The van der Waals surface area contributed by atoms with Gasteiger partial charge in [0.15, 0.2) is 0 Å². The number of aryl methyl sites for hydroxylation is 2. The van der Waals surface area contributed by atoms with Gasteiger partial charge in [-0.25, -0.2) is 0 Å². The second-order valence-electron chi connectivity index (χ2n) is 7.05. The first kappa shape index (κ1) is 20.7. The van der Waals surface area contributed by atoms with E-state index in [1.807, 2.05) is 30.9 Å². The van der Waals surface area contributed by atoms with E-state index in [-0.39, 0.29) is 30.8 Å². The third-order valence-corrected chi connectivity index (χ3v) is 5.35. The van der Waals surface area contributed by atoms with Crippen LogP contribution >= 0.6 is 12.4 Å².